The van der Waals surface area contributed by atoms with Gasteiger partial charge in [-0.05, 0) is 30.7 Å². The fourth-order valence-electron chi connectivity index (χ4n) is 2.27. The Morgan fingerprint density at radius 2 is 1.58 bits per heavy atom. The standard InChI is InChI=1S/C17H16BrNO4S/c18-13-8-6-12(7-9-13)15(20)10-11-16(17(19)21)24(22,23)14-4-2-1-3-5-14/h1-9,16H,10-11H2,(H2,19,21)/t16-/m1/s1. The number of hydrogen-bond acceptors (Lipinski definition) is 4. The molecule has 0 fully saturated rings. The van der Waals surface area contributed by atoms with E-state index in [9.17, 15) is 18.0 Å². The molecule has 0 heterocycles. The van der Waals surface area contributed by atoms with Crippen LogP contribution in [0, 0.1) is 0 Å². The minimum Gasteiger partial charge on any atom is -0.369 e. The highest BCUT2D eigenvalue weighted by Gasteiger charge is 2.32. The molecule has 2 aromatic carbocycles. The van der Waals surface area contributed by atoms with E-state index in [1.54, 1.807) is 42.5 Å². The third-order valence-electron chi connectivity index (χ3n) is 3.56. The zero-order chi connectivity index (χ0) is 17.7. The van der Waals surface area contributed by atoms with Crippen molar-refractivity contribution in [2.45, 2.75) is 23.0 Å². The maximum atomic E-state index is 12.5. The SMILES string of the molecule is NC(=O)[C@@H](CCC(=O)c1ccc(Br)cc1)S(=O)(=O)c1ccccc1. The van der Waals surface area contributed by atoms with Gasteiger partial charge in [-0.1, -0.05) is 46.3 Å². The Balaban J connectivity index is 2.16. The number of rotatable bonds is 7. The van der Waals surface area contributed by atoms with Gasteiger partial charge in [0.2, 0.25) is 5.91 Å². The van der Waals surface area contributed by atoms with E-state index in [4.69, 9.17) is 5.73 Å². The Morgan fingerprint density at radius 3 is 2.12 bits per heavy atom. The predicted octanol–water partition coefficient (Wildman–Crippen LogP) is 2.74. The first-order valence-electron chi connectivity index (χ1n) is 7.19. The fraction of sp³-hybridized carbons (Fsp3) is 0.176. The van der Waals surface area contributed by atoms with Crippen molar-refractivity contribution in [3.63, 3.8) is 0 Å². The lowest BCUT2D eigenvalue weighted by Gasteiger charge is -2.14. The molecule has 0 aliphatic heterocycles. The molecule has 0 saturated carbocycles. The molecule has 0 spiro atoms. The van der Waals surface area contributed by atoms with Crippen LogP contribution in [0.1, 0.15) is 23.2 Å². The Hall–Kier alpha value is -1.99. The van der Waals surface area contributed by atoms with E-state index in [1.807, 2.05) is 0 Å². The van der Waals surface area contributed by atoms with Gasteiger partial charge >= 0.3 is 0 Å². The van der Waals surface area contributed by atoms with Crippen LogP contribution >= 0.6 is 15.9 Å². The van der Waals surface area contributed by atoms with Crippen LogP contribution in [0.4, 0.5) is 0 Å². The third-order valence-corrected chi connectivity index (χ3v) is 6.24. The number of Topliss-reactive ketones (excluding diaryl/α,β-unsaturated/α-hetero) is 1. The predicted molar refractivity (Wildman–Crippen MR) is 94.3 cm³/mol. The van der Waals surface area contributed by atoms with Gasteiger partial charge in [-0.3, -0.25) is 9.59 Å². The first kappa shape index (κ1) is 18.4. The lowest BCUT2D eigenvalue weighted by molar-refractivity contribution is -0.117. The first-order valence-corrected chi connectivity index (χ1v) is 9.53. The van der Waals surface area contributed by atoms with Crippen molar-refractivity contribution in [2.75, 3.05) is 0 Å². The Bertz CT molecular complexity index is 833. The minimum absolute atomic E-state index is 0.0184. The van der Waals surface area contributed by atoms with Crippen molar-refractivity contribution in [1.29, 1.82) is 0 Å². The molecule has 2 aromatic rings. The Labute approximate surface area is 148 Å². The van der Waals surface area contributed by atoms with E-state index in [-0.39, 0.29) is 23.5 Å². The van der Waals surface area contributed by atoms with E-state index < -0.39 is 21.0 Å². The van der Waals surface area contributed by atoms with Crippen LogP contribution in [0.3, 0.4) is 0 Å². The summed E-state index contributed by atoms with van der Waals surface area (Å²) in [4.78, 5) is 23.8. The molecule has 0 aromatic heterocycles. The van der Waals surface area contributed by atoms with Crippen LogP contribution in [0.2, 0.25) is 0 Å². The van der Waals surface area contributed by atoms with Crippen molar-refractivity contribution in [3.8, 4) is 0 Å². The fourth-order valence-corrected chi connectivity index (χ4v) is 4.13. The van der Waals surface area contributed by atoms with Gasteiger partial charge in [0.25, 0.3) is 0 Å². The number of carbonyl (C=O) groups is 2. The molecule has 5 nitrogen and oxygen atoms in total. The molecule has 0 bridgehead atoms. The zero-order valence-electron chi connectivity index (χ0n) is 12.7. The second kappa shape index (κ2) is 7.72. The van der Waals surface area contributed by atoms with Crippen molar-refractivity contribution < 1.29 is 18.0 Å². The highest BCUT2D eigenvalue weighted by Crippen LogP contribution is 2.21. The summed E-state index contributed by atoms with van der Waals surface area (Å²) in [5, 5.41) is -1.43. The largest absolute Gasteiger partial charge is 0.369 e. The van der Waals surface area contributed by atoms with Gasteiger partial charge in [0.05, 0.1) is 4.90 Å². The van der Waals surface area contributed by atoms with Crippen LogP contribution < -0.4 is 5.73 Å². The number of hydrogen-bond donors (Lipinski definition) is 1. The molecule has 0 aliphatic carbocycles. The van der Waals surface area contributed by atoms with Crippen molar-refractivity contribution in [2.24, 2.45) is 5.73 Å². The van der Waals surface area contributed by atoms with Crippen molar-refractivity contribution >= 4 is 37.5 Å². The van der Waals surface area contributed by atoms with Crippen LogP contribution in [0.25, 0.3) is 0 Å². The average Bonchev–Trinajstić information content (AvgIpc) is 2.55. The summed E-state index contributed by atoms with van der Waals surface area (Å²) < 4.78 is 25.9. The van der Waals surface area contributed by atoms with Crippen molar-refractivity contribution in [1.82, 2.24) is 0 Å². The summed E-state index contributed by atoms with van der Waals surface area (Å²) in [6, 6.07) is 14.3. The van der Waals surface area contributed by atoms with Gasteiger partial charge in [0.15, 0.2) is 15.6 Å². The van der Waals surface area contributed by atoms with E-state index in [1.165, 1.54) is 12.1 Å². The van der Waals surface area contributed by atoms with Gasteiger partial charge in [0.1, 0.15) is 5.25 Å². The molecular formula is C17H16BrNO4S. The van der Waals surface area contributed by atoms with E-state index in [0.717, 1.165) is 4.47 Å². The highest BCUT2D eigenvalue weighted by atomic mass is 79.9. The lowest BCUT2D eigenvalue weighted by Crippen LogP contribution is -2.36. The Kier molecular flexibility index (Phi) is 5.90. The van der Waals surface area contributed by atoms with Gasteiger partial charge in [-0.15, -0.1) is 0 Å². The lowest BCUT2D eigenvalue weighted by atomic mass is 10.1. The summed E-state index contributed by atoms with van der Waals surface area (Å²) in [5.74, 6) is -1.19. The molecule has 2 rings (SSSR count). The molecule has 1 amide bonds. The van der Waals surface area contributed by atoms with Gasteiger partial charge in [-0.2, -0.15) is 0 Å². The smallest absolute Gasteiger partial charge is 0.236 e. The van der Waals surface area contributed by atoms with E-state index in [2.05, 4.69) is 15.9 Å². The second-order valence-electron chi connectivity index (χ2n) is 5.22. The van der Waals surface area contributed by atoms with Gasteiger partial charge in [-0.25, -0.2) is 8.42 Å². The molecule has 0 aliphatic rings. The van der Waals surface area contributed by atoms with Gasteiger partial charge < -0.3 is 5.73 Å². The number of ketones is 1. The van der Waals surface area contributed by atoms with Crippen LogP contribution in [0.5, 0.6) is 0 Å². The molecule has 0 unspecified atom stereocenters. The van der Waals surface area contributed by atoms with Crippen molar-refractivity contribution in [3.05, 3.63) is 64.6 Å². The quantitative estimate of drug-likeness (QED) is 0.711. The zero-order valence-corrected chi connectivity index (χ0v) is 15.1. The molecule has 1 atom stereocenters. The molecule has 0 radical (unpaired) electrons. The van der Waals surface area contributed by atoms with Crippen LogP contribution in [-0.4, -0.2) is 25.4 Å². The summed E-state index contributed by atoms with van der Waals surface area (Å²) in [5.41, 5.74) is 5.73. The van der Waals surface area contributed by atoms with Gasteiger partial charge in [0, 0.05) is 16.5 Å². The summed E-state index contributed by atoms with van der Waals surface area (Å²) in [7, 11) is -3.92. The maximum Gasteiger partial charge on any atom is 0.236 e. The van der Waals surface area contributed by atoms with Crippen LogP contribution in [0.15, 0.2) is 64.0 Å². The molecule has 126 valence electrons. The second-order valence-corrected chi connectivity index (χ2v) is 8.26. The normalized spacial score (nSPS) is 12.5. The number of nitrogens with two attached hydrogens (primary N) is 1. The van der Waals surface area contributed by atoms with Crippen LogP contribution in [-0.2, 0) is 14.6 Å². The number of benzene rings is 2. The maximum absolute atomic E-state index is 12.5. The summed E-state index contributed by atoms with van der Waals surface area (Å²) in [6.45, 7) is 0. The molecule has 2 N–H and O–H groups in total. The molecule has 24 heavy (non-hydrogen) atoms. The number of halogens is 1. The van der Waals surface area contributed by atoms with E-state index >= 15 is 0 Å². The third kappa shape index (κ3) is 4.30. The number of carbonyl (C=O) groups excluding carboxylic acids is 2. The monoisotopic (exact) mass is 409 g/mol. The Morgan fingerprint density at radius 1 is 1.00 bits per heavy atom. The molecule has 0 saturated heterocycles. The number of primary amides is 1. The highest BCUT2D eigenvalue weighted by molar-refractivity contribution is 9.10. The van der Waals surface area contributed by atoms with E-state index in [0.29, 0.717) is 5.56 Å². The molecular weight excluding hydrogens is 394 g/mol. The summed E-state index contributed by atoms with van der Waals surface area (Å²) >= 11 is 3.28. The average molecular weight is 410 g/mol. The number of sulfone groups is 1. The minimum atomic E-state index is -3.92. The summed E-state index contributed by atoms with van der Waals surface area (Å²) in [6.07, 6.45) is -0.233. The number of amides is 1. The topological polar surface area (TPSA) is 94.3 Å². The first-order chi connectivity index (χ1) is 11.3. The molecule has 7 heteroatoms.